The largest absolute Gasteiger partial charge is 0.356 e. The molecule has 5 heteroatoms. The second kappa shape index (κ2) is 8.91. The van der Waals surface area contributed by atoms with Gasteiger partial charge >= 0.3 is 0 Å². The fourth-order valence-corrected chi connectivity index (χ4v) is 2.41. The summed E-state index contributed by atoms with van der Waals surface area (Å²) >= 11 is 0. The van der Waals surface area contributed by atoms with Gasteiger partial charge in [0.05, 0.1) is 0 Å². The van der Waals surface area contributed by atoms with Gasteiger partial charge in [-0.3, -0.25) is 9.59 Å². The molecular formula is C14H27N3O2. The van der Waals surface area contributed by atoms with E-state index in [1.807, 2.05) is 18.9 Å². The Morgan fingerprint density at radius 1 is 1.21 bits per heavy atom. The molecule has 0 aliphatic carbocycles. The number of carbonyl (C=O) groups is 2. The lowest BCUT2D eigenvalue weighted by Crippen LogP contribution is -2.40. The Bertz CT molecular complexity index is 286. The molecule has 0 radical (unpaired) electrons. The van der Waals surface area contributed by atoms with Crippen LogP contribution in [0.1, 0.15) is 39.0 Å². The van der Waals surface area contributed by atoms with Gasteiger partial charge in [0.15, 0.2) is 0 Å². The first-order valence-corrected chi connectivity index (χ1v) is 7.36. The molecule has 110 valence electrons. The third-order valence-electron chi connectivity index (χ3n) is 3.60. The summed E-state index contributed by atoms with van der Waals surface area (Å²) in [5.74, 6) is 0.789. The van der Waals surface area contributed by atoms with Crippen LogP contribution in [0.15, 0.2) is 0 Å². The van der Waals surface area contributed by atoms with Gasteiger partial charge in [-0.1, -0.05) is 6.92 Å². The highest BCUT2D eigenvalue weighted by molar-refractivity contribution is 5.83. The van der Waals surface area contributed by atoms with E-state index < -0.39 is 0 Å². The lowest BCUT2D eigenvalue weighted by atomic mass is 9.96. The molecule has 0 saturated carbocycles. The standard InChI is InChI=1S/C14H27N3O2/c1-3-8-16-13(18)4-5-14(19)17-9-6-12(7-10-17)11-15-2/h12,15H,3-11H2,1-2H3,(H,16,18). The van der Waals surface area contributed by atoms with Crippen molar-refractivity contribution in [3.05, 3.63) is 0 Å². The summed E-state index contributed by atoms with van der Waals surface area (Å²) in [6.07, 6.45) is 3.71. The molecule has 1 aliphatic rings. The highest BCUT2D eigenvalue weighted by Gasteiger charge is 2.22. The van der Waals surface area contributed by atoms with Crippen LogP contribution in [0.2, 0.25) is 0 Å². The fraction of sp³-hybridized carbons (Fsp3) is 0.857. The Labute approximate surface area is 116 Å². The zero-order valence-electron chi connectivity index (χ0n) is 12.2. The van der Waals surface area contributed by atoms with E-state index in [0.717, 1.165) is 38.9 Å². The first-order valence-electron chi connectivity index (χ1n) is 7.36. The van der Waals surface area contributed by atoms with E-state index in [1.165, 1.54) is 0 Å². The maximum absolute atomic E-state index is 12.0. The van der Waals surface area contributed by atoms with E-state index in [9.17, 15) is 9.59 Å². The predicted octanol–water partition coefficient (Wildman–Crippen LogP) is 0.751. The molecule has 0 aromatic rings. The minimum absolute atomic E-state index is 0.0136. The molecule has 2 amide bonds. The van der Waals surface area contributed by atoms with Gasteiger partial charge in [0, 0.05) is 32.5 Å². The van der Waals surface area contributed by atoms with Crippen LogP contribution in [0, 0.1) is 5.92 Å². The smallest absolute Gasteiger partial charge is 0.223 e. The molecule has 1 rings (SSSR count). The van der Waals surface area contributed by atoms with Crippen LogP contribution in [0.3, 0.4) is 0 Å². The van der Waals surface area contributed by atoms with Crippen molar-refractivity contribution in [2.75, 3.05) is 33.2 Å². The number of hydrogen-bond acceptors (Lipinski definition) is 3. The molecule has 0 aromatic heterocycles. The quantitative estimate of drug-likeness (QED) is 0.717. The van der Waals surface area contributed by atoms with E-state index in [1.54, 1.807) is 0 Å². The zero-order valence-corrected chi connectivity index (χ0v) is 12.2. The van der Waals surface area contributed by atoms with Crippen LogP contribution in [0.4, 0.5) is 0 Å². The zero-order chi connectivity index (χ0) is 14.1. The van der Waals surface area contributed by atoms with E-state index in [4.69, 9.17) is 0 Å². The molecule has 0 bridgehead atoms. The Kier molecular flexibility index (Phi) is 7.48. The summed E-state index contributed by atoms with van der Waals surface area (Å²) in [5, 5.41) is 5.98. The Balaban J connectivity index is 2.18. The van der Waals surface area contributed by atoms with Crippen molar-refractivity contribution in [1.82, 2.24) is 15.5 Å². The molecule has 0 unspecified atom stereocenters. The van der Waals surface area contributed by atoms with Gasteiger partial charge in [-0.15, -0.1) is 0 Å². The van der Waals surface area contributed by atoms with Crippen LogP contribution in [-0.2, 0) is 9.59 Å². The molecular weight excluding hydrogens is 242 g/mol. The van der Waals surface area contributed by atoms with Gasteiger partial charge in [-0.25, -0.2) is 0 Å². The Morgan fingerprint density at radius 2 is 1.89 bits per heavy atom. The number of amides is 2. The van der Waals surface area contributed by atoms with Crippen LogP contribution >= 0.6 is 0 Å². The third kappa shape index (κ3) is 6.05. The number of likely N-dealkylation sites (tertiary alicyclic amines) is 1. The van der Waals surface area contributed by atoms with E-state index in [0.29, 0.717) is 25.3 Å². The first-order chi connectivity index (χ1) is 9.17. The molecule has 2 N–H and O–H groups in total. The van der Waals surface area contributed by atoms with Gasteiger partial charge < -0.3 is 15.5 Å². The summed E-state index contributed by atoms with van der Waals surface area (Å²) in [5.41, 5.74) is 0. The average molecular weight is 269 g/mol. The summed E-state index contributed by atoms with van der Waals surface area (Å²) in [4.78, 5) is 25.3. The monoisotopic (exact) mass is 269 g/mol. The van der Waals surface area contributed by atoms with Crippen molar-refractivity contribution < 1.29 is 9.59 Å². The van der Waals surface area contributed by atoms with Crippen LogP contribution in [0.25, 0.3) is 0 Å². The lowest BCUT2D eigenvalue weighted by molar-refractivity contribution is -0.134. The molecule has 0 atom stereocenters. The van der Waals surface area contributed by atoms with Crippen LogP contribution in [0.5, 0.6) is 0 Å². The van der Waals surface area contributed by atoms with E-state index in [-0.39, 0.29) is 11.8 Å². The Morgan fingerprint density at radius 3 is 2.47 bits per heavy atom. The summed E-state index contributed by atoms with van der Waals surface area (Å²) < 4.78 is 0. The van der Waals surface area contributed by atoms with Crippen LogP contribution < -0.4 is 10.6 Å². The summed E-state index contributed by atoms with van der Waals surface area (Å²) in [7, 11) is 1.96. The van der Waals surface area contributed by atoms with Crippen molar-refractivity contribution in [3.8, 4) is 0 Å². The van der Waals surface area contributed by atoms with E-state index >= 15 is 0 Å². The van der Waals surface area contributed by atoms with Crippen molar-refractivity contribution in [2.24, 2.45) is 5.92 Å². The maximum Gasteiger partial charge on any atom is 0.223 e. The number of hydrogen-bond donors (Lipinski definition) is 2. The SMILES string of the molecule is CCCNC(=O)CCC(=O)N1CCC(CNC)CC1. The maximum atomic E-state index is 12.0. The molecule has 19 heavy (non-hydrogen) atoms. The molecule has 1 saturated heterocycles. The normalized spacial score (nSPS) is 16.4. The van der Waals surface area contributed by atoms with Gasteiger partial charge in [0.2, 0.25) is 11.8 Å². The predicted molar refractivity (Wildman–Crippen MR) is 75.8 cm³/mol. The van der Waals surface area contributed by atoms with Crippen molar-refractivity contribution in [1.29, 1.82) is 0 Å². The summed E-state index contributed by atoms with van der Waals surface area (Å²) in [6.45, 7) is 5.41. The fourth-order valence-electron chi connectivity index (χ4n) is 2.41. The van der Waals surface area contributed by atoms with Crippen LogP contribution in [-0.4, -0.2) is 49.9 Å². The molecule has 1 heterocycles. The third-order valence-corrected chi connectivity index (χ3v) is 3.60. The van der Waals surface area contributed by atoms with Gasteiger partial charge in [-0.2, -0.15) is 0 Å². The minimum Gasteiger partial charge on any atom is -0.356 e. The minimum atomic E-state index is -0.0136. The number of nitrogens with zero attached hydrogens (tertiary/aromatic N) is 1. The second-order valence-corrected chi connectivity index (χ2v) is 5.23. The average Bonchev–Trinajstić information content (AvgIpc) is 2.43. The second-order valence-electron chi connectivity index (χ2n) is 5.23. The molecule has 0 spiro atoms. The van der Waals surface area contributed by atoms with Gasteiger partial charge in [0.25, 0.3) is 0 Å². The number of nitrogens with one attached hydrogen (secondary N) is 2. The molecule has 0 aromatic carbocycles. The number of rotatable bonds is 7. The van der Waals surface area contributed by atoms with Crippen molar-refractivity contribution in [2.45, 2.75) is 39.0 Å². The summed E-state index contributed by atoms with van der Waals surface area (Å²) in [6, 6.07) is 0. The van der Waals surface area contributed by atoms with E-state index in [2.05, 4.69) is 10.6 Å². The van der Waals surface area contributed by atoms with Gasteiger partial charge in [-0.05, 0) is 38.8 Å². The highest BCUT2D eigenvalue weighted by atomic mass is 16.2. The number of carbonyl (C=O) groups excluding carboxylic acids is 2. The van der Waals surface area contributed by atoms with Crippen molar-refractivity contribution >= 4 is 11.8 Å². The molecule has 5 nitrogen and oxygen atoms in total. The lowest BCUT2D eigenvalue weighted by Gasteiger charge is -2.32. The van der Waals surface area contributed by atoms with Crippen molar-refractivity contribution in [3.63, 3.8) is 0 Å². The number of piperidine rings is 1. The topological polar surface area (TPSA) is 61.4 Å². The Hall–Kier alpha value is -1.10. The molecule has 1 aliphatic heterocycles. The first kappa shape index (κ1) is 16.0. The molecule has 1 fully saturated rings. The highest BCUT2D eigenvalue weighted by Crippen LogP contribution is 2.17. The van der Waals surface area contributed by atoms with Gasteiger partial charge in [0.1, 0.15) is 0 Å².